The summed E-state index contributed by atoms with van der Waals surface area (Å²) in [5, 5.41) is 5.62. The molecule has 6 nitrogen and oxygen atoms in total. The Morgan fingerprint density at radius 1 is 1.18 bits per heavy atom. The Kier molecular flexibility index (Phi) is 4.58. The van der Waals surface area contributed by atoms with Crippen molar-refractivity contribution in [1.82, 2.24) is 20.4 Å². The zero-order valence-electron chi connectivity index (χ0n) is 12.6. The molecular weight excluding hydrogens is 280 g/mol. The number of amides is 4. The molecule has 4 amide bonds. The number of likely N-dealkylation sites (tertiary alicyclic amines) is 1. The van der Waals surface area contributed by atoms with E-state index in [-0.39, 0.29) is 18.1 Å². The molecule has 0 aliphatic carbocycles. The van der Waals surface area contributed by atoms with Crippen LogP contribution in [0.5, 0.6) is 0 Å². The maximum absolute atomic E-state index is 12.0. The van der Waals surface area contributed by atoms with Gasteiger partial charge in [0.15, 0.2) is 0 Å². The number of nitrogens with zero attached hydrogens (tertiary/aromatic N) is 2. The molecule has 0 aromatic heterocycles. The van der Waals surface area contributed by atoms with E-state index in [4.69, 9.17) is 0 Å². The van der Waals surface area contributed by atoms with Crippen LogP contribution in [-0.2, 0) is 6.54 Å². The molecule has 118 valence electrons. The summed E-state index contributed by atoms with van der Waals surface area (Å²) in [5.74, 6) is 0. The third-order valence-corrected chi connectivity index (χ3v) is 4.27. The van der Waals surface area contributed by atoms with Crippen molar-refractivity contribution in [2.24, 2.45) is 0 Å². The van der Waals surface area contributed by atoms with Gasteiger partial charge in [0.2, 0.25) is 0 Å². The van der Waals surface area contributed by atoms with Gasteiger partial charge in [0.1, 0.15) is 0 Å². The summed E-state index contributed by atoms with van der Waals surface area (Å²) in [6.45, 7) is 3.88. The van der Waals surface area contributed by atoms with Crippen molar-refractivity contribution in [1.29, 1.82) is 0 Å². The normalized spacial score (nSPS) is 20.0. The van der Waals surface area contributed by atoms with Crippen molar-refractivity contribution in [3.8, 4) is 0 Å². The fourth-order valence-electron chi connectivity index (χ4n) is 2.99. The summed E-state index contributed by atoms with van der Waals surface area (Å²) in [5.41, 5.74) is 1.32. The molecule has 2 aliphatic rings. The fraction of sp³-hybridized carbons (Fsp3) is 0.500. The van der Waals surface area contributed by atoms with Gasteiger partial charge in [-0.3, -0.25) is 4.90 Å². The van der Waals surface area contributed by atoms with Crippen LogP contribution in [0.2, 0.25) is 0 Å². The lowest BCUT2D eigenvalue weighted by molar-refractivity contribution is 0.173. The molecule has 2 N–H and O–H groups in total. The smallest absolute Gasteiger partial charge is 0.325 e. The van der Waals surface area contributed by atoms with Gasteiger partial charge in [-0.15, -0.1) is 0 Å². The van der Waals surface area contributed by atoms with Crippen molar-refractivity contribution in [2.45, 2.75) is 25.4 Å². The van der Waals surface area contributed by atoms with E-state index >= 15 is 0 Å². The minimum atomic E-state index is -0.293. The third-order valence-electron chi connectivity index (χ3n) is 4.27. The molecule has 0 unspecified atom stereocenters. The average Bonchev–Trinajstić information content (AvgIpc) is 2.96. The second kappa shape index (κ2) is 6.79. The van der Waals surface area contributed by atoms with Gasteiger partial charge in [-0.05, 0) is 18.4 Å². The topological polar surface area (TPSA) is 64.7 Å². The molecule has 2 aliphatic heterocycles. The molecule has 1 aromatic rings. The number of carbonyl (C=O) groups excluding carboxylic acids is 2. The Balaban J connectivity index is 1.44. The zero-order valence-corrected chi connectivity index (χ0v) is 12.6. The highest BCUT2D eigenvalue weighted by atomic mass is 16.2. The monoisotopic (exact) mass is 302 g/mol. The highest BCUT2D eigenvalue weighted by Gasteiger charge is 2.28. The number of imide groups is 1. The number of piperidine rings is 1. The number of hydrogen-bond acceptors (Lipinski definition) is 3. The van der Waals surface area contributed by atoms with Crippen LogP contribution in [0.25, 0.3) is 0 Å². The Bertz CT molecular complexity index is 526. The number of urea groups is 2. The lowest BCUT2D eigenvalue weighted by Crippen LogP contribution is -2.49. The van der Waals surface area contributed by atoms with Crippen LogP contribution in [0.1, 0.15) is 18.4 Å². The second-order valence-electron chi connectivity index (χ2n) is 5.87. The van der Waals surface area contributed by atoms with Crippen LogP contribution >= 0.6 is 0 Å². The highest BCUT2D eigenvalue weighted by Crippen LogP contribution is 2.14. The van der Waals surface area contributed by atoms with Crippen molar-refractivity contribution < 1.29 is 9.59 Å². The number of carbonyl (C=O) groups is 2. The molecule has 22 heavy (non-hydrogen) atoms. The maximum Gasteiger partial charge on any atom is 0.325 e. The van der Waals surface area contributed by atoms with Crippen molar-refractivity contribution in [3.63, 3.8) is 0 Å². The van der Waals surface area contributed by atoms with Crippen LogP contribution in [-0.4, -0.2) is 54.1 Å². The van der Waals surface area contributed by atoms with Crippen LogP contribution in [0, 0.1) is 0 Å². The molecule has 3 rings (SSSR count). The summed E-state index contributed by atoms with van der Waals surface area (Å²) >= 11 is 0. The van der Waals surface area contributed by atoms with E-state index in [1.54, 1.807) is 0 Å². The largest absolute Gasteiger partial charge is 0.336 e. The van der Waals surface area contributed by atoms with Crippen LogP contribution in [0.4, 0.5) is 9.59 Å². The Morgan fingerprint density at radius 3 is 2.55 bits per heavy atom. The van der Waals surface area contributed by atoms with Crippen LogP contribution < -0.4 is 10.6 Å². The molecule has 2 heterocycles. The van der Waals surface area contributed by atoms with Crippen molar-refractivity contribution in [3.05, 3.63) is 35.9 Å². The van der Waals surface area contributed by atoms with Gasteiger partial charge in [-0.25, -0.2) is 14.5 Å². The van der Waals surface area contributed by atoms with Crippen molar-refractivity contribution >= 4 is 12.1 Å². The van der Waals surface area contributed by atoms with E-state index in [9.17, 15) is 9.59 Å². The summed E-state index contributed by atoms with van der Waals surface area (Å²) in [7, 11) is 0. The SMILES string of the molecule is O=C1NCCN1C(=O)NC1CCN(Cc2ccccc2)CC1. The number of nitrogens with one attached hydrogen (secondary N) is 2. The number of benzene rings is 1. The zero-order chi connectivity index (χ0) is 15.4. The summed E-state index contributed by atoms with van der Waals surface area (Å²) in [6, 6.07) is 10.0. The Hall–Kier alpha value is -2.08. The molecule has 0 radical (unpaired) electrons. The van der Waals surface area contributed by atoms with Crippen LogP contribution in [0.3, 0.4) is 0 Å². The average molecular weight is 302 g/mol. The summed E-state index contributed by atoms with van der Waals surface area (Å²) in [6.07, 6.45) is 1.85. The second-order valence-corrected chi connectivity index (χ2v) is 5.87. The molecule has 6 heteroatoms. The molecule has 0 bridgehead atoms. The Morgan fingerprint density at radius 2 is 1.91 bits per heavy atom. The van der Waals surface area contributed by atoms with E-state index in [0.29, 0.717) is 13.1 Å². The van der Waals surface area contributed by atoms with E-state index < -0.39 is 0 Å². The fourth-order valence-corrected chi connectivity index (χ4v) is 2.99. The quantitative estimate of drug-likeness (QED) is 0.887. The number of rotatable bonds is 3. The first-order chi connectivity index (χ1) is 10.7. The first-order valence-electron chi connectivity index (χ1n) is 7.84. The molecule has 0 saturated carbocycles. The lowest BCUT2D eigenvalue weighted by Gasteiger charge is -2.32. The molecule has 2 saturated heterocycles. The molecule has 0 atom stereocenters. The van der Waals surface area contributed by atoms with Gasteiger partial charge in [0, 0.05) is 38.8 Å². The first kappa shape index (κ1) is 14.8. The van der Waals surface area contributed by atoms with E-state index in [1.807, 2.05) is 6.07 Å². The molecule has 0 spiro atoms. The summed E-state index contributed by atoms with van der Waals surface area (Å²) < 4.78 is 0. The molecule has 2 fully saturated rings. The van der Waals surface area contributed by atoms with E-state index in [1.165, 1.54) is 10.5 Å². The Labute approximate surface area is 130 Å². The van der Waals surface area contributed by atoms with Gasteiger partial charge in [-0.1, -0.05) is 30.3 Å². The molecular formula is C16H22N4O2. The first-order valence-corrected chi connectivity index (χ1v) is 7.84. The predicted octanol–water partition coefficient (Wildman–Crippen LogP) is 1.39. The van der Waals surface area contributed by atoms with Gasteiger partial charge in [0.05, 0.1) is 0 Å². The van der Waals surface area contributed by atoms with Crippen molar-refractivity contribution in [2.75, 3.05) is 26.2 Å². The summed E-state index contributed by atoms with van der Waals surface area (Å²) in [4.78, 5) is 27.1. The van der Waals surface area contributed by atoms with Gasteiger partial charge in [-0.2, -0.15) is 0 Å². The van der Waals surface area contributed by atoms with Gasteiger partial charge in [0.25, 0.3) is 0 Å². The van der Waals surface area contributed by atoms with E-state index in [2.05, 4.69) is 39.8 Å². The van der Waals surface area contributed by atoms with Crippen LogP contribution in [0.15, 0.2) is 30.3 Å². The number of hydrogen-bond donors (Lipinski definition) is 2. The third kappa shape index (κ3) is 3.57. The highest BCUT2D eigenvalue weighted by molar-refractivity contribution is 5.95. The molecule has 1 aromatic carbocycles. The van der Waals surface area contributed by atoms with Gasteiger partial charge >= 0.3 is 12.1 Å². The lowest BCUT2D eigenvalue weighted by atomic mass is 10.0. The standard InChI is InChI=1S/C16H22N4O2/c21-15-17-8-11-20(15)16(22)18-14-6-9-19(10-7-14)12-13-4-2-1-3-5-13/h1-5,14H,6-12H2,(H,17,21)(H,18,22). The minimum absolute atomic E-state index is 0.160. The van der Waals surface area contributed by atoms with Gasteiger partial charge < -0.3 is 10.6 Å². The minimum Gasteiger partial charge on any atom is -0.336 e. The van der Waals surface area contributed by atoms with E-state index in [0.717, 1.165) is 32.5 Å². The predicted molar refractivity (Wildman–Crippen MR) is 83.4 cm³/mol. The maximum atomic E-state index is 12.0.